The van der Waals surface area contributed by atoms with Gasteiger partial charge in [0, 0.05) is 5.54 Å². The van der Waals surface area contributed by atoms with Crippen LogP contribution in [0.15, 0.2) is 0 Å². The van der Waals surface area contributed by atoms with Crippen LogP contribution >= 0.6 is 0 Å². The van der Waals surface area contributed by atoms with E-state index in [0.717, 1.165) is 0 Å². The zero-order chi connectivity index (χ0) is 12.2. The topological polar surface area (TPSA) is 66.8 Å². The summed E-state index contributed by atoms with van der Waals surface area (Å²) in [6, 6.07) is 0. The summed E-state index contributed by atoms with van der Waals surface area (Å²) in [5, 5.41) is 8.68. The predicted octanol–water partition coefficient (Wildman–Crippen LogP) is 1.72. The lowest BCUT2D eigenvalue weighted by Crippen LogP contribution is -2.49. The fourth-order valence-corrected chi connectivity index (χ4v) is 0.976. The fourth-order valence-electron chi connectivity index (χ4n) is 0.976. The van der Waals surface area contributed by atoms with Crippen molar-refractivity contribution in [3.8, 4) is 0 Å². The van der Waals surface area contributed by atoms with Gasteiger partial charge in [-0.1, -0.05) is 0 Å². The van der Waals surface area contributed by atoms with Crippen molar-refractivity contribution in [1.82, 2.24) is 4.90 Å². The first-order chi connectivity index (χ1) is 6.64. The molecule has 0 aliphatic rings. The van der Waals surface area contributed by atoms with E-state index in [9.17, 15) is 9.59 Å². The lowest BCUT2D eigenvalue weighted by atomic mass is 10.1. The van der Waals surface area contributed by atoms with E-state index in [2.05, 4.69) is 0 Å². The van der Waals surface area contributed by atoms with Crippen molar-refractivity contribution in [2.75, 3.05) is 6.54 Å². The normalized spacial score (nSPS) is 11.3. The number of rotatable bonds is 3. The molecule has 0 aromatic heterocycles. The van der Waals surface area contributed by atoms with E-state index in [1.807, 2.05) is 0 Å². The van der Waals surface area contributed by atoms with E-state index < -0.39 is 17.6 Å². The lowest BCUT2D eigenvalue weighted by molar-refractivity contribution is -0.139. The van der Waals surface area contributed by atoms with E-state index in [1.165, 1.54) is 4.90 Å². The molecule has 0 radical (unpaired) electrons. The molecule has 0 aliphatic carbocycles. The second-order valence-corrected chi connectivity index (χ2v) is 4.58. The van der Waals surface area contributed by atoms with Crippen molar-refractivity contribution in [1.29, 1.82) is 0 Å². The van der Waals surface area contributed by atoms with Crippen LogP contribution in [0.4, 0.5) is 4.79 Å². The number of ether oxygens (including phenoxy) is 1. The Morgan fingerprint density at radius 1 is 1.33 bits per heavy atom. The molecule has 5 heteroatoms. The molecule has 0 aromatic carbocycles. The lowest BCUT2D eigenvalue weighted by Gasteiger charge is -2.33. The number of aliphatic carboxylic acids is 1. The van der Waals surface area contributed by atoms with Crippen molar-refractivity contribution >= 4 is 12.1 Å². The van der Waals surface area contributed by atoms with E-state index in [1.54, 1.807) is 34.6 Å². The van der Waals surface area contributed by atoms with Crippen LogP contribution in [0, 0.1) is 0 Å². The number of hydrogen-bond donors (Lipinski definition) is 1. The molecule has 0 fully saturated rings. The van der Waals surface area contributed by atoms with Crippen LogP contribution in [-0.4, -0.2) is 40.3 Å². The summed E-state index contributed by atoms with van der Waals surface area (Å²) in [6.07, 6.45) is -0.851. The average Bonchev–Trinajstić information content (AvgIpc) is 1.95. The molecule has 0 heterocycles. The quantitative estimate of drug-likeness (QED) is 0.781. The minimum absolute atomic E-state index is 0.254. The van der Waals surface area contributed by atoms with E-state index in [-0.39, 0.29) is 12.6 Å². The summed E-state index contributed by atoms with van der Waals surface area (Å²) >= 11 is 0. The van der Waals surface area contributed by atoms with Crippen molar-refractivity contribution in [2.45, 2.75) is 46.3 Å². The van der Waals surface area contributed by atoms with Gasteiger partial charge in [-0.3, -0.25) is 9.69 Å². The van der Waals surface area contributed by atoms with Gasteiger partial charge in [0.25, 0.3) is 0 Å². The van der Waals surface area contributed by atoms with Crippen molar-refractivity contribution < 1.29 is 19.4 Å². The molecule has 0 saturated carbocycles. The zero-order valence-corrected chi connectivity index (χ0v) is 9.90. The minimum atomic E-state index is -1.05. The van der Waals surface area contributed by atoms with Crippen LogP contribution in [0.5, 0.6) is 0 Å². The maximum Gasteiger partial charge on any atom is 0.410 e. The van der Waals surface area contributed by atoms with Gasteiger partial charge in [0.2, 0.25) is 0 Å². The first-order valence-corrected chi connectivity index (χ1v) is 4.84. The highest BCUT2D eigenvalue weighted by atomic mass is 16.6. The van der Waals surface area contributed by atoms with Gasteiger partial charge in [0.05, 0.1) is 6.10 Å². The van der Waals surface area contributed by atoms with Gasteiger partial charge < -0.3 is 9.84 Å². The van der Waals surface area contributed by atoms with Crippen LogP contribution in [0.3, 0.4) is 0 Å². The monoisotopic (exact) mass is 217 g/mol. The highest BCUT2D eigenvalue weighted by molar-refractivity contribution is 5.77. The summed E-state index contributed by atoms with van der Waals surface area (Å²) in [6.45, 7) is 8.38. The number of carbonyl (C=O) groups excluding carboxylic acids is 1. The summed E-state index contributed by atoms with van der Waals surface area (Å²) in [4.78, 5) is 23.4. The summed E-state index contributed by atoms with van der Waals surface area (Å²) in [7, 11) is 0. The largest absolute Gasteiger partial charge is 0.480 e. The van der Waals surface area contributed by atoms with Crippen LogP contribution in [0.1, 0.15) is 34.6 Å². The van der Waals surface area contributed by atoms with Gasteiger partial charge in [0.15, 0.2) is 0 Å². The molecular weight excluding hydrogens is 198 g/mol. The van der Waals surface area contributed by atoms with Crippen molar-refractivity contribution in [3.05, 3.63) is 0 Å². The second kappa shape index (κ2) is 5.00. The maximum atomic E-state index is 11.6. The molecular formula is C10H19NO4. The third-order valence-electron chi connectivity index (χ3n) is 1.66. The predicted molar refractivity (Wildman–Crippen MR) is 55.7 cm³/mol. The van der Waals surface area contributed by atoms with Gasteiger partial charge in [-0.05, 0) is 34.6 Å². The first-order valence-electron chi connectivity index (χ1n) is 4.84. The third kappa shape index (κ3) is 5.24. The minimum Gasteiger partial charge on any atom is -0.480 e. The molecule has 0 atom stereocenters. The number of carboxylic acid groups (broad SMARTS) is 1. The van der Waals surface area contributed by atoms with Crippen LogP contribution in [-0.2, 0) is 9.53 Å². The first kappa shape index (κ1) is 13.7. The Bertz CT molecular complexity index is 242. The smallest absolute Gasteiger partial charge is 0.410 e. The van der Waals surface area contributed by atoms with Crippen LogP contribution < -0.4 is 0 Å². The summed E-state index contributed by atoms with van der Waals surface area (Å²) in [5.74, 6) is -1.05. The summed E-state index contributed by atoms with van der Waals surface area (Å²) in [5.41, 5.74) is -0.565. The molecule has 0 unspecified atom stereocenters. The number of carbonyl (C=O) groups is 2. The Hall–Kier alpha value is -1.26. The van der Waals surface area contributed by atoms with Gasteiger partial charge >= 0.3 is 12.1 Å². The molecule has 15 heavy (non-hydrogen) atoms. The van der Waals surface area contributed by atoms with Crippen LogP contribution in [0.2, 0.25) is 0 Å². The molecule has 1 amide bonds. The summed E-state index contributed by atoms with van der Waals surface area (Å²) < 4.78 is 4.96. The molecule has 0 saturated heterocycles. The molecule has 0 aromatic rings. The third-order valence-corrected chi connectivity index (χ3v) is 1.66. The maximum absolute atomic E-state index is 11.6. The fraction of sp³-hybridized carbons (Fsp3) is 0.800. The van der Waals surface area contributed by atoms with Crippen molar-refractivity contribution in [3.63, 3.8) is 0 Å². The SMILES string of the molecule is CC(C)OC(=O)N(CC(=O)O)C(C)(C)C. The second-order valence-electron chi connectivity index (χ2n) is 4.58. The Morgan fingerprint density at radius 2 is 1.80 bits per heavy atom. The Kier molecular flexibility index (Phi) is 4.58. The van der Waals surface area contributed by atoms with Crippen LogP contribution in [0.25, 0.3) is 0 Å². The number of amides is 1. The van der Waals surface area contributed by atoms with Gasteiger partial charge in [0.1, 0.15) is 6.54 Å². The van der Waals surface area contributed by atoms with Gasteiger partial charge in [-0.25, -0.2) is 4.79 Å². The molecule has 5 nitrogen and oxygen atoms in total. The van der Waals surface area contributed by atoms with Crippen molar-refractivity contribution in [2.24, 2.45) is 0 Å². The number of carboxylic acids is 1. The highest BCUT2D eigenvalue weighted by Crippen LogP contribution is 2.14. The molecule has 1 N–H and O–H groups in total. The highest BCUT2D eigenvalue weighted by Gasteiger charge is 2.30. The van der Waals surface area contributed by atoms with E-state index in [4.69, 9.17) is 9.84 Å². The number of nitrogens with zero attached hydrogens (tertiary/aromatic N) is 1. The molecule has 0 spiro atoms. The Labute approximate surface area is 90.0 Å². The van der Waals surface area contributed by atoms with E-state index in [0.29, 0.717) is 0 Å². The standard InChI is InChI=1S/C10H19NO4/c1-7(2)15-9(14)11(6-8(12)13)10(3,4)5/h7H,6H2,1-5H3,(H,12,13). The van der Waals surface area contributed by atoms with E-state index >= 15 is 0 Å². The Morgan fingerprint density at radius 3 is 2.07 bits per heavy atom. The van der Waals surface area contributed by atoms with Gasteiger partial charge in [-0.15, -0.1) is 0 Å². The molecule has 0 bridgehead atoms. The number of hydrogen-bond acceptors (Lipinski definition) is 3. The molecule has 88 valence electrons. The average molecular weight is 217 g/mol. The molecule has 0 aliphatic heterocycles. The molecule has 0 rings (SSSR count). The zero-order valence-electron chi connectivity index (χ0n) is 9.90. The Balaban J connectivity index is 4.64. The van der Waals surface area contributed by atoms with Gasteiger partial charge in [-0.2, -0.15) is 0 Å².